The van der Waals surface area contributed by atoms with Gasteiger partial charge in [-0.05, 0) is 62.4 Å². The average Bonchev–Trinajstić information content (AvgIpc) is 3.47. The number of carbonyl (C=O) groups excluding carboxylic acids is 2. The Bertz CT molecular complexity index is 1490. The quantitative estimate of drug-likeness (QED) is 0.469. The van der Waals surface area contributed by atoms with Gasteiger partial charge < -0.3 is 20.0 Å². The average molecular weight is 573 g/mol. The number of nitrogens with one attached hydrogen (secondary N) is 1. The molecular weight excluding hydrogens is 535 g/mol. The number of amides is 3. The molecule has 0 radical (unpaired) electrons. The number of likely N-dealkylation sites (tertiary alicyclic amines) is 1. The summed E-state index contributed by atoms with van der Waals surface area (Å²) in [6, 6.07) is 11.7. The molecule has 0 aliphatic carbocycles. The Kier molecular flexibility index (Phi) is 7.68. The summed E-state index contributed by atoms with van der Waals surface area (Å²) in [6.45, 7) is 9.25. The molecule has 2 saturated heterocycles. The van der Waals surface area contributed by atoms with Gasteiger partial charge in [-0.3, -0.25) is 14.6 Å². The Morgan fingerprint density at radius 1 is 1.10 bits per heavy atom. The number of likely N-dealkylation sites (N-methyl/N-ethyl adjacent to an activating group) is 1. The van der Waals surface area contributed by atoms with E-state index in [-0.39, 0.29) is 24.5 Å². The molecule has 10 nitrogen and oxygen atoms in total. The molecule has 0 saturated carbocycles. The van der Waals surface area contributed by atoms with Crippen LogP contribution >= 0.6 is 0 Å². The first kappa shape index (κ1) is 27.9. The standard InChI is InChI=1S/C31H37FN8O2/c1-4-28(41)38-11-10-26(20-38)40-29-22(19-39(31(40)42)25-7-5-6-23(32)17-25)18-33-30(35-29)34-24-8-9-27(21(2)16-24)37-14-12-36(3)13-15-37/h5-9,16-18,26H,4,10-15,19-20H2,1-3H3,(H,33,34,35)/t26-/m0/s1. The molecule has 42 heavy (non-hydrogen) atoms. The first-order valence-electron chi connectivity index (χ1n) is 14.6. The third-order valence-electron chi connectivity index (χ3n) is 8.44. The molecule has 0 spiro atoms. The van der Waals surface area contributed by atoms with Gasteiger partial charge in [0.25, 0.3) is 0 Å². The van der Waals surface area contributed by atoms with Crippen LogP contribution in [0.3, 0.4) is 0 Å². The van der Waals surface area contributed by atoms with Gasteiger partial charge in [-0.1, -0.05) is 13.0 Å². The highest BCUT2D eigenvalue weighted by Crippen LogP contribution is 2.35. The van der Waals surface area contributed by atoms with Crippen LogP contribution in [-0.2, 0) is 11.3 Å². The summed E-state index contributed by atoms with van der Waals surface area (Å²) < 4.78 is 14.1. The van der Waals surface area contributed by atoms with E-state index in [2.05, 4.69) is 46.2 Å². The van der Waals surface area contributed by atoms with E-state index in [9.17, 15) is 14.0 Å². The molecule has 4 heterocycles. The largest absolute Gasteiger partial charge is 0.369 e. The van der Waals surface area contributed by atoms with Crippen LogP contribution in [0.1, 0.15) is 30.9 Å². The molecule has 3 aliphatic heterocycles. The van der Waals surface area contributed by atoms with Gasteiger partial charge in [0.2, 0.25) is 11.9 Å². The van der Waals surface area contributed by atoms with Crippen molar-refractivity contribution in [1.29, 1.82) is 0 Å². The summed E-state index contributed by atoms with van der Waals surface area (Å²) in [5, 5.41) is 3.33. The Balaban J connectivity index is 1.29. The number of rotatable bonds is 6. The van der Waals surface area contributed by atoms with E-state index >= 15 is 0 Å². The number of carbonyl (C=O) groups is 2. The van der Waals surface area contributed by atoms with Crippen LogP contribution < -0.4 is 20.0 Å². The SMILES string of the molecule is CCC(=O)N1CC[C@H](N2C(=O)N(c3cccc(F)c3)Cc3cnc(Nc4ccc(N5CCN(C)CC5)c(C)c4)nc32)C1. The van der Waals surface area contributed by atoms with Crippen LogP contribution in [-0.4, -0.2) is 84.1 Å². The zero-order valence-electron chi connectivity index (χ0n) is 24.4. The predicted molar refractivity (Wildman–Crippen MR) is 162 cm³/mol. The fraction of sp³-hybridized carbons (Fsp3) is 0.419. The van der Waals surface area contributed by atoms with Crippen LogP contribution in [0.25, 0.3) is 0 Å². The molecule has 1 atom stereocenters. The van der Waals surface area contributed by atoms with Crippen LogP contribution in [0.5, 0.6) is 0 Å². The highest BCUT2D eigenvalue weighted by atomic mass is 19.1. The number of piperazine rings is 1. The number of anilines is 5. The molecule has 3 aliphatic rings. The molecule has 6 rings (SSSR count). The van der Waals surface area contributed by atoms with Crippen LogP contribution in [0, 0.1) is 12.7 Å². The smallest absolute Gasteiger partial charge is 0.330 e. The number of halogens is 1. The van der Waals surface area contributed by atoms with Crippen LogP contribution in [0.2, 0.25) is 0 Å². The van der Waals surface area contributed by atoms with Crippen molar-refractivity contribution in [1.82, 2.24) is 19.8 Å². The lowest BCUT2D eigenvalue weighted by molar-refractivity contribution is -0.129. The van der Waals surface area contributed by atoms with Gasteiger partial charge in [0.05, 0.1) is 12.6 Å². The lowest BCUT2D eigenvalue weighted by atomic mass is 10.1. The van der Waals surface area contributed by atoms with Crippen molar-refractivity contribution in [3.8, 4) is 0 Å². The van der Waals surface area contributed by atoms with Crippen molar-refractivity contribution in [2.45, 2.75) is 39.3 Å². The highest BCUT2D eigenvalue weighted by molar-refractivity contribution is 6.06. The molecule has 0 bridgehead atoms. The summed E-state index contributed by atoms with van der Waals surface area (Å²) in [6.07, 6.45) is 2.77. The summed E-state index contributed by atoms with van der Waals surface area (Å²) in [5.74, 6) is 0.552. The fourth-order valence-electron chi connectivity index (χ4n) is 6.08. The van der Waals surface area contributed by atoms with Gasteiger partial charge in [0, 0.05) is 74.5 Å². The van der Waals surface area contributed by atoms with E-state index in [1.165, 1.54) is 17.8 Å². The van der Waals surface area contributed by atoms with Gasteiger partial charge in [-0.25, -0.2) is 14.2 Å². The third-order valence-corrected chi connectivity index (χ3v) is 8.44. The minimum absolute atomic E-state index is 0.0598. The van der Waals surface area contributed by atoms with Crippen molar-refractivity contribution in [3.63, 3.8) is 0 Å². The van der Waals surface area contributed by atoms with Crippen LogP contribution in [0.15, 0.2) is 48.7 Å². The van der Waals surface area contributed by atoms with E-state index in [1.807, 2.05) is 13.0 Å². The second-order valence-electron chi connectivity index (χ2n) is 11.3. The molecule has 1 aromatic heterocycles. The Labute approximate surface area is 245 Å². The number of urea groups is 1. The first-order valence-corrected chi connectivity index (χ1v) is 14.6. The highest BCUT2D eigenvalue weighted by Gasteiger charge is 2.41. The number of hydrogen-bond acceptors (Lipinski definition) is 7. The van der Waals surface area contributed by atoms with E-state index in [4.69, 9.17) is 4.98 Å². The molecule has 2 fully saturated rings. The Morgan fingerprint density at radius 3 is 2.64 bits per heavy atom. The molecule has 3 amide bonds. The van der Waals surface area contributed by atoms with Crippen LogP contribution in [0.4, 0.5) is 38.0 Å². The monoisotopic (exact) mass is 572 g/mol. The van der Waals surface area contributed by atoms with E-state index in [0.29, 0.717) is 43.4 Å². The van der Waals surface area contributed by atoms with Gasteiger partial charge in [-0.15, -0.1) is 0 Å². The minimum Gasteiger partial charge on any atom is -0.369 e. The summed E-state index contributed by atoms with van der Waals surface area (Å²) >= 11 is 0. The topological polar surface area (TPSA) is 88.1 Å². The predicted octanol–water partition coefficient (Wildman–Crippen LogP) is 4.38. The summed E-state index contributed by atoms with van der Waals surface area (Å²) in [4.78, 5) is 45.6. The van der Waals surface area contributed by atoms with Crippen molar-refractivity contribution in [2.24, 2.45) is 0 Å². The van der Waals surface area contributed by atoms with E-state index in [1.54, 1.807) is 33.0 Å². The molecule has 1 N–H and O–H groups in total. The number of aromatic nitrogens is 2. The molecule has 11 heteroatoms. The number of aryl methyl sites for hydroxylation is 1. The molecular formula is C31H37FN8O2. The summed E-state index contributed by atoms with van der Waals surface area (Å²) in [5.41, 5.74) is 4.47. The van der Waals surface area contributed by atoms with Crippen molar-refractivity contribution < 1.29 is 14.0 Å². The lowest BCUT2D eigenvalue weighted by Crippen LogP contribution is -2.53. The Hall–Kier alpha value is -4.25. The molecule has 3 aromatic rings. The zero-order valence-corrected chi connectivity index (χ0v) is 24.4. The number of nitrogens with zero attached hydrogens (tertiary/aromatic N) is 7. The van der Waals surface area contributed by atoms with Crippen molar-refractivity contribution in [2.75, 3.05) is 66.3 Å². The summed E-state index contributed by atoms with van der Waals surface area (Å²) in [7, 11) is 2.15. The molecule has 2 aromatic carbocycles. The molecule has 220 valence electrons. The van der Waals surface area contributed by atoms with Gasteiger partial charge in [-0.2, -0.15) is 4.98 Å². The molecule has 0 unspecified atom stereocenters. The maximum Gasteiger partial charge on any atom is 0.330 e. The second kappa shape index (κ2) is 11.6. The normalized spacial score (nSPS) is 19.3. The van der Waals surface area contributed by atoms with E-state index < -0.39 is 5.82 Å². The number of benzene rings is 2. The Morgan fingerprint density at radius 2 is 1.90 bits per heavy atom. The maximum absolute atomic E-state index is 14.1. The lowest BCUT2D eigenvalue weighted by Gasteiger charge is -2.39. The third kappa shape index (κ3) is 5.48. The number of fused-ring (bicyclic) bond motifs is 1. The minimum atomic E-state index is -0.414. The van der Waals surface area contributed by atoms with Gasteiger partial charge >= 0.3 is 6.03 Å². The second-order valence-corrected chi connectivity index (χ2v) is 11.3. The number of hydrogen-bond donors (Lipinski definition) is 1. The van der Waals surface area contributed by atoms with Gasteiger partial charge in [0.1, 0.15) is 11.6 Å². The zero-order chi connectivity index (χ0) is 29.4. The first-order chi connectivity index (χ1) is 20.3. The van der Waals surface area contributed by atoms with Crippen molar-refractivity contribution in [3.05, 3.63) is 65.6 Å². The van der Waals surface area contributed by atoms with E-state index in [0.717, 1.165) is 43.0 Å². The fourth-order valence-corrected chi connectivity index (χ4v) is 6.08. The maximum atomic E-state index is 14.1. The van der Waals surface area contributed by atoms with Gasteiger partial charge in [0.15, 0.2) is 0 Å². The van der Waals surface area contributed by atoms with Crippen molar-refractivity contribution >= 4 is 40.8 Å².